The van der Waals surface area contributed by atoms with Gasteiger partial charge in [0.1, 0.15) is 12.6 Å². The molecule has 0 spiro atoms. The van der Waals surface area contributed by atoms with Crippen molar-refractivity contribution in [2.24, 2.45) is 5.73 Å². The number of nitrogens with one attached hydrogen (secondary N) is 1. The van der Waals surface area contributed by atoms with Gasteiger partial charge >= 0.3 is 12.1 Å². The topological polar surface area (TPSA) is 122 Å². The summed E-state index contributed by atoms with van der Waals surface area (Å²) in [6.07, 6.45) is -2.16. The molecule has 0 aliphatic rings. The van der Waals surface area contributed by atoms with Gasteiger partial charge in [0.05, 0.1) is 12.1 Å². The number of benzene rings is 1. The number of aliphatic hydroxyl groups excluding tert-OH is 1. The highest BCUT2D eigenvalue weighted by Gasteiger charge is 2.28. The zero-order valence-electron chi connectivity index (χ0n) is 11.0. The fraction of sp³-hybridized carbons (Fsp3) is 0.385. The van der Waals surface area contributed by atoms with Crippen LogP contribution in [0.3, 0.4) is 0 Å². The van der Waals surface area contributed by atoms with Crippen molar-refractivity contribution >= 4 is 12.1 Å². The minimum atomic E-state index is -1.47. The molecule has 0 fully saturated rings. The molecule has 1 aromatic rings. The van der Waals surface area contributed by atoms with Crippen molar-refractivity contribution in [2.75, 3.05) is 0 Å². The fourth-order valence-corrected chi connectivity index (χ4v) is 1.49. The molecule has 110 valence electrons. The van der Waals surface area contributed by atoms with E-state index in [1.807, 2.05) is 18.2 Å². The van der Waals surface area contributed by atoms with Crippen molar-refractivity contribution in [3.8, 4) is 0 Å². The van der Waals surface area contributed by atoms with Gasteiger partial charge in [0, 0.05) is 0 Å². The second-order valence-corrected chi connectivity index (χ2v) is 4.35. The standard InChI is InChI=1S/C13H18N2O5/c1-8(11(16)10(14)12(17)18)15-13(19)20-7-9-5-3-2-4-6-9/h2-6,8,10-11,16H,7,14H2,1H3,(H,15,19)(H,17,18)/t8-,10-,11+/m1/s1. The van der Waals surface area contributed by atoms with Crippen molar-refractivity contribution < 1.29 is 24.5 Å². The van der Waals surface area contributed by atoms with Crippen molar-refractivity contribution in [3.63, 3.8) is 0 Å². The number of aliphatic carboxylic acids is 1. The first-order chi connectivity index (χ1) is 9.41. The number of carbonyl (C=O) groups is 2. The predicted molar refractivity (Wildman–Crippen MR) is 70.8 cm³/mol. The van der Waals surface area contributed by atoms with Gasteiger partial charge in [-0.25, -0.2) is 4.79 Å². The average molecular weight is 282 g/mol. The zero-order valence-corrected chi connectivity index (χ0v) is 11.0. The number of nitrogens with two attached hydrogens (primary N) is 1. The van der Waals surface area contributed by atoms with E-state index in [0.717, 1.165) is 5.56 Å². The highest BCUT2D eigenvalue weighted by molar-refractivity contribution is 5.74. The number of ether oxygens (including phenoxy) is 1. The van der Waals surface area contributed by atoms with Crippen LogP contribution in [0.1, 0.15) is 12.5 Å². The SMILES string of the molecule is C[C@@H](NC(=O)OCc1ccccc1)[C@H](O)[C@@H](N)C(=O)O. The molecule has 1 aromatic carbocycles. The quantitative estimate of drug-likeness (QED) is 0.586. The minimum absolute atomic E-state index is 0.0838. The lowest BCUT2D eigenvalue weighted by Gasteiger charge is -2.22. The second-order valence-electron chi connectivity index (χ2n) is 4.35. The van der Waals surface area contributed by atoms with Crippen molar-refractivity contribution in [2.45, 2.75) is 31.7 Å². The minimum Gasteiger partial charge on any atom is -0.480 e. The molecule has 20 heavy (non-hydrogen) atoms. The molecular formula is C13H18N2O5. The van der Waals surface area contributed by atoms with Gasteiger partial charge in [-0.1, -0.05) is 30.3 Å². The van der Waals surface area contributed by atoms with E-state index in [-0.39, 0.29) is 6.61 Å². The summed E-state index contributed by atoms with van der Waals surface area (Å²) in [6.45, 7) is 1.53. The largest absolute Gasteiger partial charge is 0.480 e. The van der Waals surface area contributed by atoms with E-state index in [9.17, 15) is 14.7 Å². The van der Waals surface area contributed by atoms with Gasteiger partial charge < -0.3 is 26.0 Å². The summed E-state index contributed by atoms with van der Waals surface area (Å²) >= 11 is 0. The highest BCUT2D eigenvalue weighted by atomic mass is 16.5. The molecule has 0 radical (unpaired) electrons. The predicted octanol–water partition coefficient (Wildman–Crippen LogP) is 0.0741. The smallest absolute Gasteiger partial charge is 0.407 e. The number of alkyl carbamates (subject to hydrolysis) is 1. The van der Waals surface area contributed by atoms with Crippen LogP contribution in [0.2, 0.25) is 0 Å². The van der Waals surface area contributed by atoms with Crippen LogP contribution < -0.4 is 11.1 Å². The third-order valence-electron chi connectivity index (χ3n) is 2.72. The molecule has 1 rings (SSSR count). The van der Waals surface area contributed by atoms with E-state index in [1.165, 1.54) is 6.92 Å². The summed E-state index contributed by atoms with van der Waals surface area (Å²) in [5.74, 6) is -1.34. The van der Waals surface area contributed by atoms with Crippen LogP contribution in [0.25, 0.3) is 0 Å². The number of carbonyl (C=O) groups excluding carboxylic acids is 1. The van der Waals surface area contributed by atoms with E-state index in [2.05, 4.69) is 5.32 Å². The Hall–Kier alpha value is -2.12. The zero-order chi connectivity index (χ0) is 15.1. The van der Waals surface area contributed by atoms with Gasteiger partial charge in [-0.2, -0.15) is 0 Å². The van der Waals surface area contributed by atoms with E-state index in [4.69, 9.17) is 15.6 Å². The van der Waals surface area contributed by atoms with Gasteiger partial charge in [0.2, 0.25) is 0 Å². The third-order valence-corrected chi connectivity index (χ3v) is 2.72. The summed E-state index contributed by atoms with van der Waals surface area (Å²) in [7, 11) is 0. The number of rotatable bonds is 6. The normalized spacial score (nSPS) is 14.9. The Bertz CT molecular complexity index is 451. The Morgan fingerprint density at radius 1 is 1.35 bits per heavy atom. The molecule has 7 heteroatoms. The monoisotopic (exact) mass is 282 g/mol. The fourth-order valence-electron chi connectivity index (χ4n) is 1.49. The van der Waals surface area contributed by atoms with Crippen LogP contribution in [-0.4, -0.2) is 40.5 Å². The molecule has 0 unspecified atom stereocenters. The van der Waals surface area contributed by atoms with E-state index < -0.39 is 30.3 Å². The van der Waals surface area contributed by atoms with Crippen LogP contribution in [0, 0.1) is 0 Å². The number of carboxylic acid groups (broad SMARTS) is 1. The lowest BCUT2D eigenvalue weighted by Crippen LogP contribution is -2.53. The van der Waals surface area contributed by atoms with Crippen LogP contribution in [-0.2, 0) is 16.1 Å². The van der Waals surface area contributed by atoms with E-state index >= 15 is 0 Å². The molecule has 5 N–H and O–H groups in total. The van der Waals surface area contributed by atoms with Gasteiger partial charge in [0.25, 0.3) is 0 Å². The second kappa shape index (κ2) is 7.46. The molecule has 0 bridgehead atoms. The van der Waals surface area contributed by atoms with Crippen LogP contribution in [0.15, 0.2) is 30.3 Å². The van der Waals surface area contributed by atoms with Gasteiger partial charge in [0.15, 0.2) is 0 Å². The summed E-state index contributed by atoms with van der Waals surface area (Å²) in [5.41, 5.74) is 6.08. The molecular weight excluding hydrogens is 264 g/mol. The molecule has 0 aromatic heterocycles. The summed E-state index contributed by atoms with van der Waals surface area (Å²) in [4.78, 5) is 22.1. The Morgan fingerprint density at radius 3 is 2.50 bits per heavy atom. The first-order valence-corrected chi connectivity index (χ1v) is 6.05. The number of amides is 1. The molecule has 7 nitrogen and oxygen atoms in total. The molecule has 0 heterocycles. The lowest BCUT2D eigenvalue weighted by molar-refractivity contribution is -0.141. The maximum absolute atomic E-state index is 11.5. The third kappa shape index (κ3) is 4.87. The first kappa shape index (κ1) is 15.9. The van der Waals surface area contributed by atoms with Crippen molar-refractivity contribution in [1.29, 1.82) is 0 Å². The molecule has 0 saturated heterocycles. The van der Waals surface area contributed by atoms with Crippen LogP contribution in [0.4, 0.5) is 4.79 Å². The molecule has 3 atom stereocenters. The van der Waals surface area contributed by atoms with Gasteiger partial charge in [-0.15, -0.1) is 0 Å². The van der Waals surface area contributed by atoms with Crippen molar-refractivity contribution in [3.05, 3.63) is 35.9 Å². The van der Waals surface area contributed by atoms with E-state index in [1.54, 1.807) is 12.1 Å². The summed E-state index contributed by atoms with van der Waals surface area (Å²) in [6, 6.07) is 6.75. The Morgan fingerprint density at radius 2 is 1.95 bits per heavy atom. The average Bonchev–Trinajstić information content (AvgIpc) is 2.44. The number of aliphatic hydroxyl groups is 1. The Labute approximate surface area is 116 Å². The number of hydrogen-bond acceptors (Lipinski definition) is 5. The lowest BCUT2D eigenvalue weighted by atomic mass is 10.1. The summed E-state index contributed by atoms with van der Waals surface area (Å²) in [5, 5.41) is 20.6. The molecule has 1 amide bonds. The maximum atomic E-state index is 11.5. The van der Waals surface area contributed by atoms with E-state index in [0.29, 0.717) is 0 Å². The van der Waals surface area contributed by atoms with Crippen molar-refractivity contribution in [1.82, 2.24) is 5.32 Å². The molecule has 0 aliphatic carbocycles. The molecule has 0 aliphatic heterocycles. The van der Waals surface area contributed by atoms with Gasteiger partial charge in [-0.05, 0) is 12.5 Å². The van der Waals surface area contributed by atoms with Crippen LogP contribution in [0.5, 0.6) is 0 Å². The first-order valence-electron chi connectivity index (χ1n) is 6.05. The Kier molecular flexibility index (Phi) is 5.95. The maximum Gasteiger partial charge on any atom is 0.407 e. The summed E-state index contributed by atoms with van der Waals surface area (Å²) < 4.78 is 4.94. The van der Waals surface area contributed by atoms with Crippen LogP contribution >= 0.6 is 0 Å². The Balaban J connectivity index is 2.40. The number of hydrogen-bond donors (Lipinski definition) is 4. The van der Waals surface area contributed by atoms with Gasteiger partial charge in [-0.3, -0.25) is 4.79 Å². The molecule has 0 saturated carbocycles. The number of carboxylic acids is 1. The highest BCUT2D eigenvalue weighted by Crippen LogP contribution is 2.02.